The summed E-state index contributed by atoms with van der Waals surface area (Å²) in [6, 6.07) is 7.33. The summed E-state index contributed by atoms with van der Waals surface area (Å²) in [5.41, 5.74) is 1.24. The minimum atomic E-state index is -0.00271. The lowest BCUT2D eigenvalue weighted by Crippen LogP contribution is -2.23. The first-order valence-electron chi connectivity index (χ1n) is 10.8. The molecule has 2 rings (SSSR count). The van der Waals surface area contributed by atoms with Gasteiger partial charge in [0, 0.05) is 11.1 Å². The lowest BCUT2D eigenvalue weighted by molar-refractivity contribution is 0.0917. The molecule has 1 unspecified atom stereocenters. The van der Waals surface area contributed by atoms with Crippen molar-refractivity contribution in [3.8, 4) is 0 Å². The number of unbranched alkanes of at least 4 members (excludes halogenated alkanes) is 8. The van der Waals surface area contributed by atoms with Gasteiger partial charge >= 0.3 is 0 Å². The Bertz CT molecular complexity index is 540. The van der Waals surface area contributed by atoms with Crippen molar-refractivity contribution in [2.24, 2.45) is 5.92 Å². The van der Waals surface area contributed by atoms with Crippen molar-refractivity contribution in [2.45, 2.75) is 90.9 Å². The van der Waals surface area contributed by atoms with Crippen molar-refractivity contribution in [3.63, 3.8) is 0 Å². The van der Waals surface area contributed by atoms with Crippen molar-refractivity contribution in [3.05, 3.63) is 41.3 Å². The third-order valence-corrected chi connectivity index (χ3v) is 5.63. The van der Waals surface area contributed by atoms with E-state index in [9.17, 15) is 9.59 Å². The third-order valence-electron chi connectivity index (χ3n) is 5.63. The fraction of sp³-hybridized carbons (Fsp3) is 0.625. The molecule has 0 saturated carbocycles. The fourth-order valence-corrected chi connectivity index (χ4v) is 4.06. The first-order chi connectivity index (χ1) is 12.7. The van der Waals surface area contributed by atoms with Gasteiger partial charge in [-0.25, -0.2) is 0 Å². The SMILES string of the molecule is CCCCCCCCC(CCCCCC)[C]1C(=O)c2ccccc2C1=O. The number of ketones is 2. The molecule has 0 saturated heterocycles. The van der Waals surface area contributed by atoms with E-state index in [0.29, 0.717) is 17.0 Å². The van der Waals surface area contributed by atoms with Crippen molar-refractivity contribution < 1.29 is 9.59 Å². The highest BCUT2D eigenvalue weighted by atomic mass is 16.2. The normalized spacial score (nSPS) is 15.5. The average Bonchev–Trinajstić information content (AvgIpc) is 2.91. The Kier molecular flexibility index (Phi) is 9.08. The molecule has 2 nitrogen and oxygen atoms in total. The maximum absolute atomic E-state index is 12.9. The molecule has 0 spiro atoms. The van der Waals surface area contributed by atoms with Crippen LogP contribution < -0.4 is 0 Å². The van der Waals surface area contributed by atoms with Gasteiger partial charge in [0.25, 0.3) is 0 Å². The Balaban J connectivity index is 1.96. The number of hydrogen-bond acceptors (Lipinski definition) is 2. The van der Waals surface area contributed by atoms with Gasteiger partial charge in [0.15, 0.2) is 11.6 Å². The van der Waals surface area contributed by atoms with Crippen LogP contribution in [0.15, 0.2) is 24.3 Å². The summed E-state index contributed by atoms with van der Waals surface area (Å²) in [5, 5.41) is 0. The summed E-state index contributed by atoms with van der Waals surface area (Å²) in [7, 11) is 0. The second-order valence-corrected chi connectivity index (χ2v) is 7.72. The molecule has 0 N–H and O–H groups in total. The van der Waals surface area contributed by atoms with Gasteiger partial charge in [-0.05, 0) is 18.8 Å². The predicted octanol–water partition coefficient (Wildman–Crippen LogP) is 6.98. The van der Waals surface area contributed by atoms with Gasteiger partial charge in [0.2, 0.25) is 0 Å². The van der Waals surface area contributed by atoms with E-state index in [0.717, 1.165) is 25.7 Å². The molecule has 0 aliphatic heterocycles. The van der Waals surface area contributed by atoms with Crippen LogP contribution in [0.5, 0.6) is 0 Å². The van der Waals surface area contributed by atoms with E-state index in [4.69, 9.17) is 0 Å². The van der Waals surface area contributed by atoms with E-state index in [-0.39, 0.29) is 17.5 Å². The molecule has 0 amide bonds. The van der Waals surface area contributed by atoms with Crippen LogP contribution in [0.4, 0.5) is 0 Å². The summed E-state index contributed by atoms with van der Waals surface area (Å²) < 4.78 is 0. The Morgan fingerprint density at radius 3 is 1.58 bits per heavy atom. The van der Waals surface area contributed by atoms with Gasteiger partial charge in [-0.15, -0.1) is 0 Å². The topological polar surface area (TPSA) is 34.1 Å². The van der Waals surface area contributed by atoms with Crippen molar-refractivity contribution in [1.82, 2.24) is 0 Å². The van der Waals surface area contributed by atoms with Crippen LogP contribution in [0.25, 0.3) is 0 Å². The van der Waals surface area contributed by atoms with Gasteiger partial charge < -0.3 is 0 Å². The second kappa shape index (κ2) is 11.3. The number of carbonyl (C=O) groups excluding carboxylic acids is 2. The molecular weight excluding hydrogens is 320 g/mol. The molecular formula is C24H35O2. The summed E-state index contributed by atoms with van der Waals surface area (Å²) >= 11 is 0. The van der Waals surface area contributed by atoms with E-state index in [1.807, 2.05) is 24.3 Å². The summed E-state index contributed by atoms with van der Waals surface area (Å²) in [5.74, 6) is 0.718. The van der Waals surface area contributed by atoms with Crippen molar-refractivity contribution in [2.75, 3.05) is 0 Å². The number of Topliss-reactive ketones (excluding diaryl/α,β-unsaturated/α-hetero) is 2. The van der Waals surface area contributed by atoms with Crippen LogP contribution in [0, 0.1) is 11.8 Å². The number of carbonyl (C=O) groups is 2. The molecule has 2 heteroatoms. The molecule has 0 fully saturated rings. The van der Waals surface area contributed by atoms with E-state index >= 15 is 0 Å². The smallest absolute Gasteiger partial charge is 0.179 e. The Morgan fingerprint density at radius 2 is 1.08 bits per heavy atom. The van der Waals surface area contributed by atoms with Gasteiger partial charge in [0.1, 0.15) is 5.92 Å². The monoisotopic (exact) mass is 355 g/mol. The van der Waals surface area contributed by atoms with Crippen LogP contribution >= 0.6 is 0 Å². The number of rotatable bonds is 13. The molecule has 1 aliphatic carbocycles. The molecule has 0 heterocycles. The van der Waals surface area contributed by atoms with Crippen LogP contribution in [0.1, 0.15) is 112 Å². The molecule has 26 heavy (non-hydrogen) atoms. The van der Waals surface area contributed by atoms with Gasteiger partial charge in [0.05, 0.1) is 0 Å². The van der Waals surface area contributed by atoms with Gasteiger partial charge in [-0.1, -0.05) is 102 Å². The zero-order chi connectivity index (χ0) is 18.8. The number of fused-ring (bicyclic) bond motifs is 1. The lowest BCUT2D eigenvalue weighted by atomic mass is 9.80. The predicted molar refractivity (Wildman–Crippen MR) is 109 cm³/mol. The maximum atomic E-state index is 12.9. The quantitative estimate of drug-likeness (QED) is 0.358. The van der Waals surface area contributed by atoms with E-state index < -0.39 is 0 Å². The fourth-order valence-electron chi connectivity index (χ4n) is 4.06. The minimum absolute atomic E-state index is 0.00271. The largest absolute Gasteiger partial charge is 0.293 e. The van der Waals surface area contributed by atoms with Crippen LogP contribution in [0.2, 0.25) is 0 Å². The molecule has 1 atom stereocenters. The molecule has 0 bridgehead atoms. The average molecular weight is 356 g/mol. The van der Waals surface area contributed by atoms with Crippen molar-refractivity contribution in [1.29, 1.82) is 0 Å². The van der Waals surface area contributed by atoms with Gasteiger partial charge in [-0.3, -0.25) is 9.59 Å². The standard InChI is InChI=1S/C24H35O2/c1-3-5-7-9-10-12-16-19(15-11-8-6-4-2)22-23(25)20-17-13-14-18-21(20)24(22)26/h13-14,17-19H,3-12,15-16H2,1-2H3. The minimum Gasteiger partial charge on any atom is -0.293 e. The highest BCUT2D eigenvalue weighted by Crippen LogP contribution is 2.38. The maximum Gasteiger partial charge on any atom is 0.179 e. The zero-order valence-corrected chi connectivity index (χ0v) is 16.7. The molecule has 1 radical (unpaired) electrons. The Morgan fingerprint density at radius 1 is 0.654 bits per heavy atom. The molecule has 0 aromatic heterocycles. The molecule has 1 aliphatic rings. The first kappa shape index (κ1) is 20.9. The molecule has 1 aromatic rings. The van der Waals surface area contributed by atoms with E-state index in [2.05, 4.69) is 13.8 Å². The highest BCUT2D eigenvalue weighted by Gasteiger charge is 2.43. The van der Waals surface area contributed by atoms with Crippen LogP contribution in [-0.2, 0) is 0 Å². The Hall–Kier alpha value is -1.44. The summed E-state index contributed by atoms with van der Waals surface area (Å²) in [6.07, 6.45) is 14.2. The highest BCUT2D eigenvalue weighted by molar-refractivity contribution is 6.36. The van der Waals surface area contributed by atoms with Crippen LogP contribution in [-0.4, -0.2) is 11.6 Å². The Labute approximate surface area is 159 Å². The number of benzene rings is 1. The van der Waals surface area contributed by atoms with Crippen molar-refractivity contribution >= 4 is 11.6 Å². The molecule has 143 valence electrons. The second-order valence-electron chi connectivity index (χ2n) is 7.72. The van der Waals surface area contributed by atoms with E-state index in [1.54, 1.807) is 0 Å². The zero-order valence-electron chi connectivity index (χ0n) is 16.7. The third kappa shape index (κ3) is 5.53. The summed E-state index contributed by atoms with van der Waals surface area (Å²) in [4.78, 5) is 25.7. The van der Waals surface area contributed by atoms with E-state index in [1.165, 1.54) is 51.4 Å². The molecule has 1 aromatic carbocycles. The first-order valence-corrected chi connectivity index (χ1v) is 10.8. The van der Waals surface area contributed by atoms with Gasteiger partial charge in [-0.2, -0.15) is 0 Å². The van der Waals surface area contributed by atoms with Crippen LogP contribution in [0.3, 0.4) is 0 Å². The lowest BCUT2D eigenvalue weighted by Gasteiger charge is -2.21. The summed E-state index contributed by atoms with van der Waals surface area (Å²) in [6.45, 7) is 4.45. The number of hydrogen-bond donors (Lipinski definition) is 0.